The Morgan fingerprint density at radius 2 is 2.00 bits per heavy atom. The molecular formula is C11H18N2O4S. The second kappa shape index (κ2) is 6.16. The Bertz CT molecular complexity index is 440. The van der Waals surface area contributed by atoms with E-state index in [9.17, 15) is 13.2 Å². The molecule has 0 amide bonds. The van der Waals surface area contributed by atoms with E-state index in [2.05, 4.69) is 0 Å². The molecule has 2 unspecified atom stereocenters. The monoisotopic (exact) mass is 274 g/mol. The van der Waals surface area contributed by atoms with E-state index in [4.69, 9.17) is 10.4 Å². The molecular weight excluding hydrogens is 256 g/mol. The number of sulfonamides is 1. The van der Waals surface area contributed by atoms with Crippen LogP contribution in [-0.2, 0) is 14.8 Å². The molecule has 18 heavy (non-hydrogen) atoms. The molecule has 0 saturated carbocycles. The third-order valence-corrected chi connectivity index (χ3v) is 5.28. The lowest BCUT2D eigenvalue weighted by Gasteiger charge is -2.30. The zero-order valence-electron chi connectivity index (χ0n) is 10.4. The van der Waals surface area contributed by atoms with Gasteiger partial charge in [0.2, 0.25) is 10.0 Å². The van der Waals surface area contributed by atoms with Gasteiger partial charge in [0.05, 0.1) is 6.07 Å². The standard InChI is InChI=1S/C11H18N2O4S/c1-9(8-12)18(16,17)13-7-5-3-2-4-6-10(13)11(14)15/h9-10H,2-7H2,1H3,(H,14,15). The molecule has 1 aliphatic heterocycles. The van der Waals surface area contributed by atoms with Crippen LogP contribution in [0.1, 0.15) is 39.0 Å². The van der Waals surface area contributed by atoms with E-state index in [-0.39, 0.29) is 6.54 Å². The topological polar surface area (TPSA) is 98.5 Å². The van der Waals surface area contributed by atoms with Crippen molar-refractivity contribution >= 4 is 16.0 Å². The third kappa shape index (κ3) is 3.21. The van der Waals surface area contributed by atoms with Gasteiger partial charge in [-0.2, -0.15) is 9.57 Å². The van der Waals surface area contributed by atoms with Crippen LogP contribution in [-0.4, -0.2) is 41.6 Å². The number of aliphatic carboxylic acids is 1. The fourth-order valence-electron chi connectivity index (χ4n) is 2.08. The van der Waals surface area contributed by atoms with Gasteiger partial charge in [-0.05, 0) is 19.8 Å². The predicted molar refractivity (Wildman–Crippen MR) is 65.2 cm³/mol. The highest BCUT2D eigenvalue weighted by molar-refractivity contribution is 7.90. The van der Waals surface area contributed by atoms with Crippen LogP contribution in [0, 0.1) is 11.3 Å². The highest BCUT2D eigenvalue weighted by Gasteiger charge is 2.38. The van der Waals surface area contributed by atoms with Crippen LogP contribution >= 0.6 is 0 Å². The first kappa shape index (κ1) is 14.9. The lowest BCUT2D eigenvalue weighted by Crippen LogP contribution is -2.48. The van der Waals surface area contributed by atoms with E-state index < -0.39 is 27.3 Å². The summed E-state index contributed by atoms with van der Waals surface area (Å²) in [6.07, 6.45) is 3.46. The molecule has 0 bridgehead atoms. The van der Waals surface area contributed by atoms with E-state index >= 15 is 0 Å². The Balaban J connectivity index is 3.05. The van der Waals surface area contributed by atoms with Crippen molar-refractivity contribution in [2.75, 3.05) is 6.54 Å². The fourth-order valence-corrected chi connectivity index (χ4v) is 3.55. The first-order valence-corrected chi connectivity index (χ1v) is 7.54. The van der Waals surface area contributed by atoms with Crippen molar-refractivity contribution in [3.05, 3.63) is 0 Å². The average Bonchev–Trinajstić information content (AvgIpc) is 2.26. The minimum absolute atomic E-state index is 0.186. The summed E-state index contributed by atoms with van der Waals surface area (Å²) in [6, 6.07) is 0.639. The minimum atomic E-state index is -3.85. The van der Waals surface area contributed by atoms with Crippen molar-refractivity contribution < 1.29 is 18.3 Å². The largest absolute Gasteiger partial charge is 0.480 e. The molecule has 0 radical (unpaired) electrons. The SMILES string of the molecule is CC(C#N)S(=O)(=O)N1CCCCCCC1C(=O)O. The highest BCUT2D eigenvalue weighted by Crippen LogP contribution is 2.22. The van der Waals surface area contributed by atoms with Gasteiger partial charge >= 0.3 is 5.97 Å². The number of nitriles is 1. The third-order valence-electron chi connectivity index (χ3n) is 3.19. The molecule has 2 atom stereocenters. The van der Waals surface area contributed by atoms with E-state index in [1.807, 2.05) is 0 Å². The lowest BCUT2D eigenvalue weighted by atomic mass is 10.0. The van der Waals surface area contributed by atoms with Gasteiger partial charge in [-0.3, -0.25) is 4.79 Å². The van der Waals surface area contributed by atoms with Gasteiger partial charge < -0.3 is 5.11 Å². The summed E-state index contributed by atoms with van der Waals surface area (Å²) >= 11 is 0. The maximum absolute atomic E-state index is 12.1. The van der Waals surface area contributed by atoms with Gasteiger partial charge in [-0.15, -0.1) is 0 Å². The second-order valence-corrected chi connectivity index (χ2v) is 6.69. The molecule has 1 saturated heterocycles. The zero-order valence-corrected chi connectivity index (χ0v) is 11.2. The first-order chi connectivity index (χ1) is 8.41. The van der Waals surface area contributed by atoms with E-state index in [0.29, 0.717) is 19.3 Å². The summed E-state index contributed by atoms with van der Waals surface area (Å²) in [7, 11) is -3.85. The van der Waals surface area contributed by atoms with Crippen LogP contribution in [0.5, 0.6) is 0 Å². The fraction of sp³-hybridized carbons (Fsp3) is 0.818. The minimum Gasteiger partial charge on any atom is -0.480 e. The molecule has 6 nitrogen and oxygen atoms in total. The Morgan fingerprint density at radius 1 is 1.39 bits per heavy atom. The van der Waals surface area contributed by atoms with Crippen LogP contribution in [0.2, 0.25) is 0 Å². The van der Waals surface area contributed by atoms with Crippen LogP contribution in [0.3, 0.4) is 0 Å². The predicted octanol–water partition coefficient (Wildman–Crippen LogP) is 0.948. The van der Waals surface area contributed by atoms with E-state index in [0.717, 1.165) is 17.1 Å². The van der Waals surface area contributed by atoms with Gasteiger partial charge in [0.15, 0.2) is 5.25 Å². The summed E-state index contributed by atoms with van der Waals surface area (Å²) in [5, 5.41) is 16.7. The molecule has 1 fully saturated rings. The van der Waals surface area contributed by atoms with Crippen LogP contribution < -0.4 is 0 Å². The molecule has 7 heteroatoms. The van der Waals surface area contributed by atoms with Crippen molar-refractivity contribution in [3.8, 4) is 6.07 Å². The van der Waals surface area contributed by atoms with Crippen molar-refractivity contribution in [1.29, 1.82) is 5.26 Å². The molecule has 1 N–H and O–H groups in total. The van der Waals surface area contributed by atoms with Gasteiger partial charge in [0, 0.05) is 6.54 Å². The molecule has 1 aliphatic rings. The molecule has 0 aromatic carbocycles. The summed E-state index contributed by atoms with van der Waals surface area (Å²) in [5.74, 6) is -1.13. The number of carbonyl (C=O) groups is 1. The van der Waals surface area contributed by atoms with Crippen molar-refractivity contribution in [1.82, 2.24) is 4.31 Å². The molecule has 1 rings (SSSR count). The summed E-state index contributed by atoms with van der Waals surface area (Å²) in [5.41, 5.74) is 0. The van der Waals surface area contributed by atoms with Crippen molar-refractivity contribution in [2.24, 2.45) is 0 Å². The quantitative estimate of drug-likeness (QED) is 0.826. The van der Waals surface area contributed by atoms with E-state index in [1.54, 1.807) is 6.07 Å². The van der Waals surface area contributed by atoms with Gasteiger partial charge in [0.25, 0.3) is 0 Å². The maximum atomic E-state index is 12.1. The molecule has 0 aromatic heterocycles. The van der Waals surface area contributed by atoms with Gasteiger partial charge in [-0.25, -0.2) is 8.42 Å². The molecule has 0 aliphatic carbocycles. The number of carboxylic acid groups (broad SMARTS) is 1. The number of hydrogen-bond acceptors (Lipinski definition) is 4. The maximum Gasteiger partial charge on any atom is 0.322 e. The van der Waals surface area contributed by atoms with Crippen LogP contribution in [0.4, 0.5) is 0 Å². The highest BCUT2D eigenvalue weighted by atomic mass is 32.2. The summed E-state index contributed by atoms with van der Waals surface area (Å²) in [4.78, 5) is 11.2. The van der Waals surface area contributed by atoms with E-state index in [1.165, 1.54) is 6.92 Å². The molecule has 102 valence electrons. The lowest BCUT2D eigenvalue weighted by molar-refractivity contribution is -0.141. The number of rotatable bonds is 3. The Kier molecular flexibility index (Phi) is 5.11. The molecule has 1 heterocycles. The average molecular weight is 274 g/mol. The number of hydrogen-bond donors (Lipinski definition) is 1. The van der Waals surface area contributed by atoms with Crippen LogP contribution in [0.15, 0.2) is 0 Å². The zero-order chi connectivity index (χ0) is 13.8. The van der Waals surface area contributed by atoms with Gasteiger partial charge in [-0.1, -0.05) is 19.3 Å². The van der Waals surface area contributed by atoms with Crippen molar-refractivity contribution in [3.63, 3.8) is 0 Å². The second-order valence-electron chi connectivity index (χ2n) is 4.48. The summed E-state index contributed by atoms with van der Waals surface area (Å²) < 4.78 is 25.3. The van der Waals surface area contributed by atoms with Crippen molar-refractivity contribution in [2.45, 2.75) is 50.3 Å². The number of nitrogens with zero attached hydrogens (tertiary/aromatic N) is 2. The molecule has 0 aromatic rings. The summed E-state index contributed by atoms with van der Waals surface area (Å²) in [6.45, 7) is 1.47. The Morgan fingerprint density at radius 3 is 2.56 bits per heavy atom. The van der Waals surface area contributed by atoms with Gasteiger partial charge in [0.1, 0.15) is 6.04 Å². The number of carboxylic acids is 1. The Labute approximate surface area is 107 Å². The normalized spacial score (nSPS) is 24.6. The van der Waals surface area contributed by atoms with Crippen LogP contribution in [0.25, 0.3) is 0 Å². The molecule has 0 spiro atoms. The first-order valence-electron chi connectivity index (χ1n) is 6.04. The smallest absolute Gasteiger partial charge is 0.322 e. The Hall–Kier alpha value is -1.13.